The van der Waals surface area contributed by atoms with Gasteiger partial charge < -0.3 is 15.3 Å². The molecule has 0 bridgehead atoms. The Kier molecular flexibility index (Phi) is 4.79. The molecule has 0 saturated carbocycles. The maximum absolute atomic E-state index is 12.2. The van der Waals surface area contributed by atoms with Crippen LogP contribution in [-0.4, -0.2) is 36.6 Å². The van der Waals surface area contributed by atoms with Gasteiger partial charge in [0.15, 0.2) is 0 Å². The van der Waals surface area contributed by atoms with E-state index in [0.717, 1.165) is 18.7 Å². The van der Waals surface area contributed by atoms with E-state index in [1.165, 1.54) is 5.56 Å². The smallest absolute Gasteiger partial charge is 0.312 e. The van der Waals surface area contributed by atoms with Crippen LogP contribution in [0.2, 0.25) is 0 Å². The largest absolute Gasteiger partial charge is 0.481 e. The van der Waals surface area contributed by atoms with E-state index in [9.17, 15) is 14.7 Å². The number of carbonyl (C=O) groups excluding carboxylic acids is 1. The van der Waals surface area contributed by atoms with Gasteiger partial charge in [-0.05, 0) is 23.6 Å². The number of hydrogen-bond acceptors (Lipinski definition) is 3. The summed E-state index contributed by atoms with van der Waals surface area (Å²) in [6.07, 6.45) is 0.936. The molecule has 2 aromatic carbocycles. The first-order chi connectivity index (χ1) is 11.6. The fourth-order valence-electron chi connectivity index (χ4n) is 3.05. The molecule has 1 heterocycles. The second-order valence-corrected chi connectivity index (χ2v) is 5.91. The highest BCUT2D eigenvalue weighted by Crippen LogP contribution is 2.26. The van der Waals surface area contributed by atoms with Crippen molar-refractivity contribution in [2.24, 2.45) is 0 Å². The topological polar surface area (TPSA) is 69.6 Å². The molecule has 1 unspecified atom stereocenters. The summed E-state index contributed by atoms with van der Waals surface area (Å²) in [7, 11) is 0. The fourth-order valence-corrected chi connectivity index (χ4v) is 3.05. The third-order valence-electron chi connectivity index (χ3n) is 4.32. The van der Waals surface area contributed by atoms with Crippen LogP contribution in [0.15, 0.2) is 54.6 Å². The second-order valence-electron chi connectivity index (χ2n) is 5.91. The van der Waals surface area contributed by atoms with Crippen molar-refractivity contribution >= 4 is 17.6 Å². The number of benzene rings is 2. The van der Waals surface area contributed by atoms with Gasteiger partial charge in [-0.3, -0.25) is 9.59 Å². The molecule has 0 spiro atoms. The summed E-state index contributed by atoms with van der Waals surface area (Å²) >= 11 is 0. The molecule has 1 amide bonds. The number of amides is 1. The van der Waals surface area contributed by atoms with E-state index >= 15 is 0 Å². The van der Waals surface area contributed by atoms with Crippen LogP contribution in [0.5, 0.6) is 0 Å². The number of hydrogen-bond donors (Lipinski definition) is 2. The van der Waals surface area contributed by atoms with Crippen LogP contribution in [0.25, 0.3) is 0 Å². The number of carbonyl (C=O) groups is 2. The first kappa shape index (κ1) is 16.1. The van der Waals surface area contributed by atoms with E-state index in [1.54, 1.807) is 24.3 Å². The molecule has 5 nitrogen and oxygen atoms in total. The lowest BCUT2D eigenvalue weighted by atomic mass is 9.99. The number of aliphatic carboxylic acids is 1. The summed E-state index contributed by atoms with van der Waals surface area (Å²) in [5.74, 6) is -1.83. The maximum atomic E-state index is 12.2. The Hall–Kier alpha value is -2.82. The van der Waals surface area contributed by atoms with Crippen LogP contribution in [0, 0.1) is 0 Å². The highest BCUT2D eigenvalue weighted by Gasteiger charge is 2.23. The molecule has 0 saturated heterocycles. The average Bonchev–Trinajstić information content (AvgIpc) is 2.99. The molecule has 5 heteroatoms. The third kappa shape index (κ3) is 3.56. The number of rotatable bonds is 6. The quantitative estimate of drug-likeness (QED) is 0.853. The maximum Gasteiger partial charge on any atom is 0.312 e. The Labute approximate surface area is 140 Å². The first-order valence-corrected chi connectivity index (χ1v) is 8.02. The predicted octanol–water partition coefficient (Wildman–Crippen LogP) is 2.03. The minimum atomic E-state index is -0.937. The number of anilines is 1. The van der Waals surface area contributed by atoms with Crippen molar-refractivity contribution in [1.82, 2.24) is 5.32 Å². The highest BCUT2D eigenvalue weighted by atomic mass is 16.4. The monoisotopic (exact) mass is 324 g/mol. The summed E-state index contributed by atoms with van der Waals surface area (Å²) in [6.45, 7) is 1.15. The Morgan fingerprint density at radius 2 is 1.79 bits per heavy atom. The fraction of sp³-hybridized carbons (Fsp3) is 0.263. The van der Waals surface area contributed by atoms with Crippen LogP contribution in [0.4, 0.5) is 5.69 Å². The van der Waals surface area contributed by atoms with Gasteiger partial charge >= 0.3 is 5.97 Å². The molecule has 1 aliphatic heterocycles. The normalized spacial score (nSPS) is 14.1. The molecule has 0 fully saturated rings. The van der Waals surface area contributed by atoms with Gasteiger partial charge in [-0.2, -0.15) is 0 Å². The third-order valence-corrected chi connectivity index (χ3v) is 4.32. The molecule has 1 atom stereocenters. The minimum Gasteiger partial charge on any atom is -0.481 e. The SMILES string of the molecule is O=C(CN1CCc2ccccc21)NCC(C(=O)O)c1ccccc1. The van der Waals surface area contributed by atoms with Crippen molar-refractivity contribution in [3.63, 3.8) is 0 Å². The second kappa shape index (κ2) is 7.17. The Morgan fingerprint density at radius 1 is 1.08 bits per heavy atom. The van der Waals surface area contributed by atoms with E-state index in [1.807, 2.05) is 29.2 Å². The lowest BCUT2D eigenvalue weighted by Gasteiger charge is -2.20. The van der Waals surface area contributed by atoms with E-state index in [2.05, 4.69) is 11.4 Å². The summed E-state index contributed by atoms with van der Waals surface area (Å²) < 4.78 is 0. The summed E-state index contributed by atoms with van der Waals surface area (Å²) in [6, 6.07) is 17.0. The Morgan fingerprint density at radius 3 is 2.54 bits per heavy atom. The van der Waals surface area contributed by atoms with Crippen molar-refractivity contribution in [3.8, 4) is 0 Å². The van der Waals surface area contributed by atoms with Gasteiger partial charge in [-0.1, -0.05) is 48.5 Å². The summed E-state index contributed by atoms with van der Waals surface area (Å²) in [5.41, 5.74) is 3.03. The standard InChI is InChI=1S/C19H20N2O3/c22-18(13-21-11-10-15-8-4-5-9-17(15)21)20-12-16(19(23)24)14-6-2-1-3-7-14/h1-9,16H,10-13H2,(H,20,22)(H,23,24). The van der Waals surface area contributed by atoms with Crippen molar-refractivity contribution in [3.05, 3.63) is 65.7 Å². The van der Waals surface area contributed by atoms with E-state index in [4.69, 9.17) is 0 Å². The predicted molar refractivity (Wildman–Crippen MR) is 92.2 cm³/mol. The van der Waals surface area contributed by atoms with Gasteiger partial charge in [0.05, 0.1) is 12.5 Å². The Balaban J connectivity index is 1.58. The number of nitrogens with zero attached hydrogens (tertiary/aromatic N) is 1. The van der Waals surface area contributed by atoms with E-state index in [-0.39, 0.29) is 19.0 Å². The molecule has 2 aromatic rings. The minimum absolute atomic E-state index is 0.0909. The number of nitrogens with one attached hydrogen (secondary N) is 1. The lowest BCUT2D eigenvalue weighted by molar-refractivity contribution is -0.138. The molecule has 0 aromatic heterocycles. The van der Waals surface area contributed by atoms with Gasteiger partial charge in [0.25, 0.3) is 0 Å². The molecule has 3 rings (SSSR count). The molecule has 0 aliphatic carbocycles. The van der Waals surface area contributed by atoms with Crippen molar-refractivity contribution in [2.75, 3.05) is 24.5 Å². The van der Waals surface area contributed by atoms with Crippen LogP contribution in [0.3, 0.4) is 0 Å². The van der Waals surface area contributed by atoms with Crippen molar-refractivity contribution in [2.45, 2.75) is 12.3 Å². The first-order valence-electron chi connectivity index (χ1n) is 8.02. The van der Waals surface area contributed by atoms with Crippen LogP contribution < -0.4 is 10.2 Å². The molecule has 24 heavy (non-hydrogen) atoms. The average molecular weight is 324 g/mol. The Bertz CT molecular complexity index is 730. The molecular weight excluding hydrogens is 304 g/mol. The van der Waals surface area contributed by atoms with Crippen molar-refractivity contribution < 1.29 is 14.7 Å². The van der Waals surface area contributed by atoms with Gasteiger partial charge in [-0.15, -0.1) is 0 Å². The molecular formula is C19H20N2O3. The van der Waals surface area contributed by atoms with Gasteiger partial charge in [-0.25, -0.2) is 0 Å². The molecule has 124 valence electrons. The van der Waals surface area contributed by atoms with Gasteiger partial charge in [0, 0.05) is 18.8 Å². The zero-order valence-corrected chi connectivity index (χ0v) is 13.3. The summed E-state index contributed by atoms with van der Waals surface area (Å²) in [5, 5.41) is 12.2. The zero-order chi connectivity index (χ0) is 16.9. The molecule has 1 aliphatic rings. The van der Waals surface area contributed by atoms with E-state index < -0.39 is 11.9 Å². The highest BCUT2D eigenvalue weighted by molar-refractivity contribution is 5.83. The van der Waals surface area contributed by atoms with Crippen LogP contribution in [-0.2, 0) is 16.0 Å². The van der Waals surface area contributed by atoms with Crippen LogP contribution >= 0.6 is 0 Å². The lowest BCUT2D eigenvalue weighted by Crippen LogP contribution is -2.39. The number of para-hydroxylation sites is 1. The zero-order valence-electron chi connectivity index (χ0n) is 13.3. The van der Waals surface area contributed by atoms with Gasteiger partial charge in [0.1, 0.15) is 0 Å². The molecule has 2 N–H and O–H groups in total. The summed E-state index contributed by atoms with van der Waals surface area (Å²) in [4.78, 5) is 25.7. The van der Waals surface area contributed by atoms with Gasteiger partial charge in [0.2, 0.25) is 5.91 Å². The number of fused-ring (bicyclic) bond motifs is 1. The molecule has 0 radical (unpaired) electrons. The van der Waals surface area contributed by atoms with Crippen molar-refractivity contribution in [1.29, 1.82) is 0 Å². The van der Waals surface area contributed by atoms with E-state index in [0.29, 0.717) is 5.56 Å². The number of carboxylic acid groups (broad SMARTS) is 1. The number of carboxylic acids is 1. The van der Waals surface area contributed by atoms with Crippen LogP contribution in [0.1, 0.15) is 17.0 Å².